The van der Waals surface area contributed by atoms with Crippen LogP contribution in [-0.4, -0.2) is 69.1 Å². The third kappa shape index (κ3) is 6.46. The Labute approximate surface area is 203 Å². The van der Waals surface area contributed by atoms with Gasteiger partial charge in [0.2, 0.25) is 15.9 Å². The molecule has 182 valence electrons. The topological polar surface area (TPSA) is 73.0 Å². The van der Waals surface area contributed by atoms with Crippen LogP contribution in [0.5, 0.6) is 0 Å². The summed E-state index contributed by atoms with van der Waals surface area (Å²) in [6, 6.07) is 15.7. The molecular weight excluding hydrogens is 448 g/mol. The molecule has 0 aliphatic carbocycles. The predicted molar refractivity (Wildman–Crippen MR) is 137 cm³/mol. The van der Waals surface area contributed by atoms with Crippen LogP contribution in [-0.2, 0) is 27.9 Å². The Bertz CT molecular complexity index is 1090. The average molecular weight is 483 g/mol. The second-order valence-corrected chi connectivity index (χ2v) is 10.9. The van der Waals surface area contributed by atoms with E-state index in [9.17, 15) is 13.2 Å². The quantitative estimate of drug-likeness (QED) is 0.586. The number of likely N-dealkylation sites (N-methyl/N-ethyl adjacent to an activating group) is 1. The van der Waals surface area contributed by atoms with Crippen molar-refractivity contribution in [1.82, 2.24) is 15.1 Å². The highest BCUT2D eigenvalue weighted by Gasteiger charge is 2.28. The molecule has 2 aliphatic heterocycles. The largest absolute Gasteiger partial charge is 0.348 e. The zero-order valence-corrected chi connectivity index (χ0v) is 20.6. The summed E-state index contributed by atoms with van der Waals surface area (Å²) in [7, 11) is -3.18. The lowest BCUT2D eigenvalue weighted by molar-refractivity contribution is -0.116. The number of hydrogen-bond acceptors (Lipinski definition) is 5. The Morgan fingerprint density at radius 1 is 0.912 bits per heavy atom. The van der Waals surface area contributed by atoms with Crippen LogP contribution in [0.2, 0.25) is 0 Å². The second-order valence-electron chi connectivity index (χ2n) is 8.91. The number of rotatable bonds is 8. The highest BCUT2D eigenvalue weighted by molar-refractivity contribution is 7.93. The van der Waals surface area contributed by atoms with Crippen molar-refractivity contribution in [2.75, 3.05) is 49.3 Å². The molecule has 2 aliphatic rings. The average Bonchev–Trinajstić information content (AvgIpc) is 3.22. The Balaban J connectivity index is 1.22. The van der Waals surface area contributed by atoms with E-state index in [1.807, 2.05) is 12.1 Å². The maximum absolute atomic E-state index is 12.2. The minimum atomic E-state index is -3.18. The molecule has 0 saturated carbocycles. The predicted octanol–water partition coefficient (Wildman–Crippen LogP) is 2.69. The molecule has 2 aromatic carbocycles. The summed E-state index contributed by atoms with van der Waals surface area (Å²) in [5, 5.41) is 2.92. The number of nitrogens with zero attached hydrogens (tertiary/aromatic N) is 3. The molecule has 1 N–H and O–H groups in total. The van der Waals surface area contributed by atoms with E-state index in [4.69, 9.17) is 0 Å². The maximum Gasteiger partial charge on any atom is 0.244 e. The first-order valence-corrected chi connectivity index (χ1v) is 13.6. The van der Waals surface area contributed by atoms with Crippen LogP contribution in [0.4, 0.5) is 5.69 Å². The number of anilines is 1. The molecule has 4 rings (SSSR count). The van der Waals surface area contributed by atoms with Crippen LogP contribution in [0.25, 0.3) is 6.08 Å². The molecule has 2 aromatic rings. The van der Waals surface area contributed by atoms with Crippen molar-refractivity contribution in [2.24, 2.45) is 0 Å². The fourth-order valence-corrected chi connectivity index (χ4v) is 5.95. The van der Waals surface area contributed by atoms with Gasteiger partial charge in [0.25, 0.3) is 0 Å². The lowest BCUT2D eigenvalue weighted by atomic mass is 10.1. The summed E-state index contributed by atoms with van der Waals surface area (Å²) in [6.07, 6.45) is 3.90. The standard InChI is InChI=1S/C26H34N4O3S/c1-2-28-15-17-29(18-16-28)21-24-6-4-23(5-7-24)20-27-26(31)13-10-22-8-11-25(12-9-22)30-14-3-19-34(30,32)33/h4-13H,2-3,14-21H2,1H3,(H,27,31). The van der Waals surface area contributed by atoms with E-state index < -0.39 is 10.0 Å². The number of carbonyl (C=O) groups excluding carboxylic acids is 1. The minimum Gasteiger partial charge on any atom is -0.348 e. The molecule has 8 heteroatoms. The summed E-state index contributed by atoms with van der Waals surface area (Å²) < 4.78 is 25.5. The Kier molecular flexibility index (Phi) is 8.03. The molecule has 0 radical (unpaired) electrons. The summed E-state index contributed by atoms with van der Waals surface area (Å²) in [6.45, 7) is 9.80. The van der Waals surface area contributed by atoms with E-state index in [-0.39, 0.29) is 11.7 Å². The molecule has 0 bridgehead atoms. The van der Waals surface area contributed by atoms with E-state index in [1.54, 1.807) is 18.2 Å². The SMILES string of the molecule is CCN1CCN(Cc2ccc(CNC(=O)C=Cc3ccc(N4CCCS4(=O)=O)cc3)cc2)CC1. The summed E-state index contributed by atoms with van der Waals surface area (Å²) in [5.74, 6) is 0.0394. The lowest BCUT2D eigenvalue weighted by Crippen LogP contribution is -2.45. The van der Waals surface area contributed by atoms with Gasteiger partial charge in [0.15, 0.2) is 0 Å². The van der Waals surface area contributed by atoms with Crippen LogP contribution in [0.1, 0.15) is 30.0 Å². The first kappa shape index (κ1) is 24.4. The number of nitrogens with one attached hydrogen (secondary N) is 1. The molecular formula is C26H34N4O3S. The normalized spacial score (nSPS) is 19.0. The van der Waals surface area contributed by atoms with Crippen molar-refractivity contribution >= 4 is 27.7 Å². The van der Waals surface area contributed by atoms with Gasteiger partial charge in [-0.15, -0.1) is 0 Å². The van der Waals surface area contributed by atoms with Crippen molar-refractivity contribution < 1.29 is 13.2 Å². The monoisotopic (exact) mass is 482 g/mol. The minimum absolute atomic E-state index is 0.163. The van der Waals surface area contributed by atoms with E-state index in [0.29, 0.717) is 25.2 Å². The second kappa shape index (κ2) is 11.2. The first-order chi connectivity index (χ1) is 16.4. The van der Waals surface area contributed by atoms with Crippen LogP contribution in [0.3, 0.4) is 0 Å². The molecule has 2 saturated heterocycles. The van der Waals surface area contributed by atoms with Crippen LogP contribution in [0, 0.1) is 0 Å². The summed E-state index contributed by atoms with van der Waals surface area (Å²) >= 11 is 0. The van der Waals surface area contributed by atoms with Gasteiger partial charge < -0.3 is 10.2 Å². The molecule has 34 heavy (non-hydrogen) atoms. The molecule has 2 heterocycles. The van der Waals surface area contributed by atoms with Gasteiger partial charge in [0.1, 0.15) is 0 Å². The summed E-state index contributed by atoms with van der Waals surface area (Å²) in [4.78, 5) is 17.2. The fourth-order valence-electron chi connectivity index (χ4n) is 4.39. The van der Waals surface area contributed by atoms with Gasteiger partial charge >= 0.3 is 0 Å². The lowest BCUT2D eigenvalue weighted by Gasteiger charge is -2.34. The smallest absolute Gasteiger partial charge is 0.244 e. The molecule has 0 aromatic heterocycles. The van der Waals surface area contributed by atoms with Crippen molar-refractivity contribution in [3.63, 3.8) is 0 Å². The van der Waals surface area contributed by atoms with E-state index >= 15 is 0 Å². The number of carbonyl (C=O) groups is 1. The number of piperazine rings is 1. The van der Waals surface area contributed by atoms with Gasteiger partial charge in [-0.25, -0.2) is 8.42 Å². The Morgan fingerprint density at radius 3 is 2.18 bits per heavy atom. The van der Waals surface area contributed by atoms with Gasteiger partial charge in [-0.3, -0.25) is 14.0 Å². The van der Waals surface area contributed by atoms with E-state index in [1.165, 1.54) is 15.9 Å². The Hall–Kier alpha value is -2.68. The van der Waals surface area contributed by atoms with Gasteiger partial charge in [-0.2, -0.15) is 0 Å². The zero-order valence-electron chi connectivity index (χ0n) is 19.8. The van der Waals surface area contributed by atoms with Crippen LogP contribution in [0.15, 0.2) is 54.6 Å². The number of amides is 1. The van der Waals surface area contributed by atoms with Gasteiger partial charge in [0, 0.05) is 51.9 Å². The van der Waals surface area contributed by atoms with Gasteiger partial charge in [-0.1, -0.05) is 43.3 Å². The molecule has 0 atom stereocenters. The molecule has 0 unspecified atom stereocenters. The number of benzene rings is 2. The third-order valence-corrected chi connectivity index (χ3v) is 8.39. The van der Waals surface area contributed by atoms with E-state index in [2.05, 4.69) is 46.3 Å². The molecule has 0 spiro atoms. The van der Waals surface area contributed by atoms with Crippen molar-refractivity contribution in [3.05, 3.63) is 71.3 Å². The van der Waals surface area contributed by atoms with Crippen LogP contribution < -0.4 is 9.62 Å². The van der Waals surface area contributed by atoms with Crippen molar-refractivity contribution in [1.29, 1.82) is 0 Å². The molecule has 2 fully saturated rings. The number of sulfonamides is 1. The molecule has 1 amide bonds. The molecule has 7 nitrogen and oxygen atoms in total. The van der Waals surface area contributed by atoms with E-state index in [0.717, 1.165) is 50.4 Å². The maximum atomic E-state index is 12.2. The highest BCUT2D eigenvalue weighted by atomic mass is 32.2. The third-order valence-electron chi connectivity index (χ3n) is 6.52. The first-order valence-electron chi connectivity index (χ1n) is 12.0. The highest BCUT2D eigenvalue weighted by Crippen LogP contribution is 2.24. The van der Waals surface area contributed by atoms with Crippen molar-refractivity contribution in [3.8, 4) is 0 Å². The number of hydrogen-bond donors (Lipinski definition) is 1. The fraction of sp³-hybridized carbons (Fsp3) is 0.423. The summed E-state index contributed by atoms with van der Waals surface area (Å²) in [5.41, 5.74) is 3.88. The Morgan fingerprint density at radius 2 is 1.56 bits per heavy atom. The van der Waals surface area contributed by atoms with Crippen molar-refractivity contribution in [2.45, 2.75) is 26.4 Å². The van der Waals surface area contributed by atoms with Crippen LogP contribution >= 0.6 is 0 Å². The van der Waals surface area contributed by atoms with Gasteiger partial charge in [-0.05, 0) is 47.9 Å². The van der Waals surface area contributed by atoms with Gasteiger partial charge in [0.05, 0.1) is 11.4 Å². The zero-order chi connectivity index (χ0) is 24.0.